The number of hydrogen-bond donors (Lipinski definition) is 0. The van der Waals surface area contributed by atoms with Gasteiger partial charge in [-0.05, 0) is 32.2 Å². The summed E-state index contributed by atoms with van der Waals surface area (Å²) in [6.45, 7) is 3.74. The molecular weight excluding hydrogens is 287 g/mol. The minimum absolute atomic E-state index is 0.0237. The number of halogens is 3. The second-order valence-corrected chi connectivity index (χ2v) is 5.63. The molecule has 108 valence electrons. The maximum atomic E-state index is 12.7. The van der Waals surface area contributed by atoms with Crippen LogP contribution in [0.2, 0.25) is 0 Å². The number of hydrogen-bond acceptors (Lipinski definition) is 2. The van der Waals surface area contributed by atoms with Gasteiger partial charge in [-0.3, -0.25) is 4.79 Å². The number of benzene rings is 1. The highest BCUT2D eigenvalue weighted by molar-refractivity contribution is 7.98. The van der Waals surface area contributed by atoms with E-state index in [0.29, 0.717) is 10.9 Å². The Balaban J connectivity index is 2.71. The molecule has 0 aliphatic rings. The van der Waals surface area contributed by atoms with Crippen LogP contribution in [0, 0.1) is 0 Å². The van der Waals surface area contributed by atoms with Crippen LogP contribution in [0.3, 0.4) is 0 Å². The van der Waals surface area contributed by atoms with Crippen LogP contribution in [0.25, 0.3) is 10.9 Å². The molecule has 1 aromatic heterocycles. The van der Waals surface area contributed by atoms with E-state index in [1.807, 2.05) is 26.2 Å². The van der Waals surface area contributed by atoms with Crippen molar-refractivity contribution in [2.24, 2.45) is 0 Å². The predicted octanol–water partition coefficient (Wildman–Crippen LogP) is 4.69. The van der Waals surface area contributed by atoms with Gasteiger partial charge in [-0.2, -0.15) is 13.2 Å². The largest absolute Gasteiger partial charge is 0.454 e. The lowest BCUT2D eigenvalue weighted by atomic mass is 10.1. The van der Waals surface area contributed by atoms with Gasteiger partial charge in [0.15, 0.2) is 0 Å². The number of rotatable bonds is 3. The Kier molecular flexibility index (Phi) is 3.86. The lowest BCUT2D eigenvalue weighted by molar-refractivity contribution is -0.0884. The van der Waals surface area contributed by atoms with Crippen molar-refractivity contribution < 1.29 is 18.0 Å². The molecule has 0 saturated heterocycles. The molecule has 6 heteroatoms. The molecule has 2 rings (SSSR count). The average Bonchev–Trinajstić information content (AvgIpc) is 2.75. The summed E-state index contributed by atoms with van der Waals surface area (Å²) in [5.74, 6) is -1.79. The number of nitrogens with zero attached hydrogens (tertiary/aromatic N) is 1. The van der Waals surface area contributed by atoms with Gasteiger partial charge in [0.05, 0.1) is 11.1 Å². The smallest absolute Gasteiger partial charge is 0.344 e. The number of ketones is 1. The third-order valence-corrected chi connectivity index (χ3v) is 3.83. The Morgan fingerprint density at radius 3 is 2.45 bits per heavy atom. The zero-order valence-corrected chi connectivity index (χ0v) is 12.1. The number of carbonyl (C=O) groups excluding carboxylic acids is 1. The molecule has 20 heavy (non-hydrogen) atoms. The maximum Gasteiger partial charge on any atom is 0.454 e. The molecule has 0 atom stereocenters. The molecule has 0 aliphatic heterocycles. The quantitative estimate of drug-likeness (QED) is 0.606. The Morgan fingerprint density at radius 2 is 1.95 bits per heavy atom. The van der Waals surface area contributed by atoms with Crippen LogP contribution in [0.4, 0.5) is 13.2 Å². The normalized spacial score (nSPS) is 12.3. The van der Waals surface area contributed by atoms with Crippen molar-refractivity contribution in [3.63, 3.8) is 0 Å². The Morgan fingerprint density at radius 1 is 1.30 bits per heavy atom. The highest BCUT2D eigenvalue weighted by Crippen LogP contribution is 2.32. The summed E-state index contributed by atoms with van der Waals surface area (Å²) in [4.78, 5) is 12.5. The van der Waals surface area contributed by atoms with Gasteiger partial charge in [0.2, 0.25) is 0 Å². The number of Topliss-reactive ketones (excluding diaryl/α,β-unsaturated/α-hetero) is 1. The molecular formula is C14H14F3NOS. The highest BCUT2D eigenvalue weighted by atomic mass is 32.2. The number of carbonyl (C=O) groups is 1. The Bertz CT molecular complexity index is 658. The van der Waals surface area contributed by atoms with Gasteiger partial charge >= 0.3 is 6.18 Å². The highest BCUT2D eigenvalue weighted by Gasteiger charge is 2.40. The maximum absolute atomic E-state index is 12.7. The van der Waals surface area contributed by atoms with Crippen molar-refractivity contribution in [3.05, 3.63) is 30.0 Å². The number of thioether (sulfide) groups is 1. The van der Waals surface area contributed by atoms with E-state index in [1.54, 1.807) is 16.7 Å². The van der Waals surface area contributed by atoms with Crippen molar-refractivity contribution in [1.29, 1.82) is 0 Å². The number of fused-ring (bicyclic) bond motifs is 1. The van der Waals surface area contributed by atoms with Crippen LogP contribution in [-0.2, 0) is 0 Å². The van der Waals surface area contributed by atoms with Crippen LogP contribution in [0.15, 0.2) is 29.3 Å². The van der Waals surface area contributed by atoms with Crippen molar-refractivity contribution >= 4 is 28.4 Å². The molecule has 0 saturated carbocycles. The molecule has 1 aromatic carbocycles. The SMILES string of the molecule is CSc1ccc2c(C(=O)C(F)(F)F)cn(C(C)C)c2c1. The van der Waals surface area contributed by atoms with Crippen molar-refractivity contribution in [2.75, 3.05) is 6.26 Å². The zero-order chi connectivity index (χ0) is 15.1. The first-order valence-corrected chi connectivity index (χ1v) is 7.28. The van der Waals surface area contributed by atoms with E-state index in [4.69, 9.17) is 0 Å². The van der Waals surface area contributed by atoms with E-state index in [1.165, 1.54) is 18.0 Å². The van der Waals surface area contributed by atoms with E-state index < -0.39 is 12.0 Å². The topological polar surface area (TPSA) is 22.0 Å². The van der Waals surface area contributed by atoms with Gasteiger partial charge in [-0.25, -0.2) is 0 Å². The predicted molar refractivity (Wildman–Crippen MR) is 74.5 cm³/mol. The van der Waals surface area contributed by atoms with Crippen LogP contribution in [-0.4, -0.2) is 22.8 Å². The van der Waals surface area contributed by atoms with E-state index in [9.17, 15) is 18.0 Å². The Hall–Kier alpha value is -1.43. The molecule has 2 aromatic rings. The van der Waals surface area contributed by atoms with Gasteiger partial charge < -0.3 is 4.57 Å². The molecule has 0 bridgehead atoms. The monoisotopic (exact) mass is 301 g/mol. The third-order valence-electron chi connectivity index (χ3n) is 3.10. The summed E-state index contributed by atoms with van der Waals surface area (Å²) in [7, 11) is 0. The first-order chi connectivity index (χ1) is 9.25. The molecule has 0 N–H and O–H groups in total. The van der Waals surface area contributed by atoms with Crippen LogP contribution >= 0.6 is 11.8 Å². The minimum Gasteiger partial charge on any atom is -0.344 e. The molecule has 0 unspecified atom stereocenters. The van der Waals surface area contributed by atoms with Crippen LogP contribution in [0.5, 0.6) is 0 Å². The second-order valence-electron chi connectivity index (χ2n) is 4.75. The van der Waals surface area contributed by atoms with Crippen molar-refractivity contribution in [1.82, 2.24) is 4.57 Å². The lowest BCUT2D eigenvalue weighted by Crippen LogP contribution is -2.22. The standard InChI is InChI=1S/C14H14F3NOS/c1-8(2)18-7-11(13(19)14(15,16)17)10-5-4-9(20-3)6-12(10)18/h4-8H,1-3H3. The molecule has 2 nitrogen and oxygen atoms in total. The zero-order valence-electron chi connectivity index (χ0n) is 11.3. The van der Waals surface area contributed by atoms with E-state index in [-0.39, 0.29) is 11.6 Å². The van der Waals surface area contributed by atoms with Gasteiger partial charge in [-0.1, -0.05) is 6.07 Å². The first kappa shape index (κ1) is 15.0. The van der Waals surface area contributed by atoms with Crippen molar-refractivity contribution in [2.45, 2.75) is 31.0 Å². The minimum atomic E-state index is -4.85. The fourth-order valence-electron chi connectivity index (χ4n) is 2.12. The van der Waals surface area contributed by atoms with Gasteiger partial charge in [0.25, 0.3) is 5.78 Å². The van der Waals surface area contributed by atoms with Crippen LogP contribution < -0.4 is 0 Å². The average molecular weight is 301 g/mol. The van der Waals surface area contributed by atoms with E-state index in [2.05, 4.69) is 0 Å². The fraction of sp³-hybridized carbons (Fsp3) is 0.357. The first-order valence-electron chi connectivity index (χ1n) is 6.05. The molecule has 0 spiro atoms. The van der Waals surface area contributed by atoms with E-state index >= 15 is 0 Å². The Labute approximate surface area is 119 Å². The lowest BCUT2D eigenvalue weighted by Gasteiger charge is -2.09. The summed E-state index contributed by atoms with van der Waals surface area (Å²) in [6.07, 6.45) is -1.66. The van der Waals surface area contributed by atoms with Crippen molar-refractivity contribution in [3.8, 4) is 0 Å². The van der Waals surface area contributed by atoms with Gasteiger partial charge in [-0.15, -0.1) is 11.8 Å². The number of aromatic nitrogens is 1. The van der Waals surface area contributed by atoms with Gasteiger partial charge in [0.1, 0.15) is 0 Å². The molecule has 0 fully saturated rings. The van der Waals surface area contributed by atoms with Crippen LogP contribution in [0.1, 0.15) is 30.2 Å². The second kappa shape index (κ2) is 5.16. The third kappa shape index (κ3) is 2.57. The molecule has 0 aliphatic carbocycles. The molecule has 0 radical (unpaired) electrons. The summed E-state index contributed by atoms with van der Waals surface area (Å²) < 4.78 is 39.7. The summed E-state index contributed by atoms with van der Waals surface area (Å²) >= 11 is 1.51. The number of alkyl halides is 3. The van der Waals surface area contributed by atoms with Gasteiger partial charge in [0, 0.05) is 22.5 Å². The molecule has 1 heterocycles. The fourth-order valence-corrected chi connectivity index (χ4v) is 2.55. The summed E-state index contributed by atoms with van der Waals surface area (Å²) in [6, 6.07) is 5.10. The summed E-state index contributed by atoms with van der Waals surface area (Å²) in [5, 5.41) is 0.346. The molecule has 0 amide bonds. The summed E-state index contributed by atoms with van der Waals surface area (Å²) in [5.41, 5.74) is 0.369. The van der Waals surface area contributed by atoms with E-state index in [0.717, 1.165) is 4.90 Å².